The molecule has 1 heterocycles. The first-order chi connectivity index (χ1) is 12.1. The summed E-state index contributed by atoms with van der Waals surface area (Å²) in [5.41, 5.74) is 3.56. The summed E-state index contributed by atoms with van der Waals surface area (Å²) in [5, 5.41) is 3.97. The second kappa shape index (κ2) is 14.7. The minimum Gasteiger partial charge on any atom is -0.461 e. The Balaban J connectivity index is 0. The van der Waals surface area contributed by atoms with Crippen LogP contribution in [0.3, 0.4) is 0 Å². The molecule has 1 rings (SSSR count). The molecular weight excluding hydrogens is 344 g/mol. The Morgan fingerprint density at radius 3 is 2.04 bits per heavy atom. The average Bonchev–Trinajstić information content (AvgIpc) is 2.88. The van der Waals surface area contributed by atoms with E-state index < -0.39 is 11.8 Å². The topological polar surface area (TPSA) is 143 Å². The number of ether oxygens (including phenoxy) is 2. The molecule has 0 atom stereocenters. The van der Waals surface area contributed by atoms with Crippen molar-refractivity contribution in [2.45, 2.75) is 34.1 Å². The van der Waals surface area contributed by atoms with E-state index in [1.165, 1.54) is 6.92 Å². The fourth-order valence-corrected chi connectivity index (χ4v) is 1.38. The lowest BCUT2D eigenvalue weighted by atomic mass is 10.2. The number of hydrazine groups is 1. The summed E-state index contributed by atoms with van der Waals surface area (Å²) in [6.07, 6.45) is -0.362. The second-order valence-electron chi connectivity index (χ2n) is 4.83. The SMILES string of the molecule is CCOC(=O)C(=O)CC(C)=O.CCOC(=O)c1cc(C)n(C)n1.CNN. The van der Waals surface area contributed by atoms with Crippen LogP contribution in [0, 0.1) is 6.92 Å². The van der Waals surface area contributed by atoms with Crippen molar-refractivity contribution in [3.63, 3.8) is 0 Å². The Hall–Kier alpha value is -2.59. The van der Waals surface area contributed by atoms with E-state index in [-0.39, 0.29) is 24.8 Å². The zero-order valence-corrected chi connectivity index (χ0v) is 16.1. The van der Waals surface area contributed by atoms with Gasteiger partial charge in [0, 0.05) is 12.7 Å². The van der Waals surface area contributed by atoms with Gasteiger partial charge in [0.25, 0.3) is 0 Å². The van der Waals surface area contributed by atoms with E-state index in [2.05, 4.69) is 21.1 Å². The highest BCUT2D eigenvalue weighted by Crippen LogP contribution is 2.02. The van der Waals surface area contributed by atoms with Crippen LogP contribution in [0.4, 0.5) is 0 Å². The van der Waals surface area contributed by atoms with Crippen LogP contribution in [0.5, 0.6) is 0 Å². The van der Waals surface area contributed by atoms with Gasteiger partial charge in [-0.3, -0.25) is 25.5 Å². The highest BCUT2D eigenvalue weighted by molar-refractivity contribution is 6.36. The Labute approximate surface area is 153 Å². The Morgan fingerprint density at radius 1 is 1.19 bits per heavy atom. The second-order valence-corrected chi connectivity index (χ2v) is 4.83. The van der Waals surface area contributed by atoms with E-state index in [4.69, 9.17) is 4.74 Å². The first-order valence-corrected chi connectivity index (χ1v) is 7.88. The molecule has 0 bridgehead atoms. The number of esters is 2. The summed E-state index contributed by atoms with van der Waals surface area (Å²) in [7, 11) is 3.44. The number of nitrogens with two attached hydrogens (primary N) is 1. The predicted octanol–water partition coefficient (Wildman–Crippen LogP) is 0.0824. The number of hydrogen-bond acceptors (Lipinski definition) is 9. The highest BCUT2D eigenvalue weighted by atomic mass is 16.5. The largest absolute Gasteiger partial charge is 0.461 e. The molecule has 0 amide bonds. The van der Waals surface area contributed by atoms with Crippen LogP contribution in [-0.2, 0) is 30.9 Å². The average molecular weight is 372 g/mol. The van der Waals surface area contributed by atoms with Crippen LogP contribution < -0.4 is 11.3 Å². The van der Waals surface area contributed by atoms with E-state index in [1.54, 1.807) is 38.7 Å². The molecule has 0 fully saturated rings. The van der Waals surface area contributed by atoms with Gasteiger partial charge in [-0.25, -0.2) is 9.59 Å². The summed E-state index contributed by atoms with van der Waals surface area (Å²) < 4.78 is 10.8. The van der Waals surface area contributed by atoms with Crippen molar-refractivity contribution in [3.05, 3.63) is 17.5 Å². The molecule has 10 heteroatoms. The monoisotopic (exact) mass is 372 g/mol. The molecule has 0 aromatic carbocycles. The third kappa shape index (κ3) is 11.9. The van der Waals surface area contributed by atoms with Gasteiger partial charge in [0.1, 0.15) is 5.78 Å². The number of nitrogens with one attached hydrogen (secondary N) is 1. The van der Waals surface area contributed by atoms with Crippen molar-refractivity contribution >= 4 is 23.5 Å². The summed E-state index contributed by atoms with van der Waals surface area (Å²) in [4.78, 5) is 42.6. The smallest absolute Gasteiger partial charge is 0.375 e. The van der Waals surface area contributed by atoms with E-state index in [1.807, 2.05) is 6.92 Å². The Bertz CT molecular complexity index is 578. The first-order valence-electron chi connectivity index (χ1n) is 7.88. The van der Waals surface area contributed by atoms with Crippen LogP contribution in [0.25, 0.3) is 0 Å². The summed E-state index contributed by atoms with van der Waals surface area (Å²) in [5.74, 6) is 2.20. The molecule has 3 N–H and O–H groups in total. The third-order valence-electron chi connectivity index (χ3n) is 2.51. The minimum absolute atomic E-state index is 0.155. The Kier molecular flexibility index (Phi) is 14.5. The number of carbonyl (C=O) groups is 4. The molecule has 0 saturated heterocycles. The number of Topliss-reactive ketones (excluding diaryl/α,β-unsaturated/α-hetero) is 2. The number of aromatic nitrogens is 2. The van der Waals surface area contributed by atoms with Gasteiger partial charge in [0.05, 0.1) is 19.6 Å². The molecule has 0 aliphatic heterocycles. The van der Waals surface area contributed by atoms with E-state index in [0.717, 1.165) is 5.69 Å². The zero-order valence-electron chi connectivity index (χ0n) is 16.1. The van der Waals surface area contributed by atoms with E-state index >= 15 is 0 Å². The molecular formula is C16H28N4O6. The van der Waals surface area contributed by atoms with Crippen LogP contribution in [0.15, 0.2) is 6.07 Å². The maximum absolute atomic E-state index is 11.1. The van der Waals surface area contributed by atoms with E-state index in [0.29, 0.717) is 12.3 Å². The van der Waals surface area contributed by atoms with Crippen molar-refractivity contribution in [1.82, 2.24) is 15.2 Å². The van der Waals surface area contributed by atoms with Gasteiger partial charge < -0.3 is 9.47 Å². The van der Waals surface area contributed by atoms with Gasteiger partial charge in [0.2, 0.25) is 5.78 Å². The molecule has 1 aromatic rings. The number of carbonyl (C=O) groups excluding carboxylic acids is 4. The lowest BCUT2D eigenvalue weighted by Gasteiger charge is -1.97. The van der Waals surface area contributed by atoms with Crippen molar-refractivity contribution in [2.24, 2.45) is 12.9 Å². The van der Waals surface area contributed by atoms with Crippen LogP contribution in [0.2, 0.25) is 0 Å². The van der Waals surface area contributed by atoms with Gasteiger partial charge in [-0.2, -0.15) is 5.10 Å². The molecule has 0 radical (unpaired) electrons. The van der Waals surface area contributed by atoms with Crippen LogP contribution in [0.1, 0.15) is 43.4 Å². The standard InChI is InChI=1S/C8H12N2O2.C7H10O4.CH6N2/c1-4-12-8(11)7-5-6(2)10(3)9-7;1-3-11-7(10)6(9)4-5(2)8;1-3-2/h5H,4H2,1-3H3;3-4H2,1-2H3;3H,2H2,1H3. The number of rotatable bonds is 6. The van der Waals surface area contributed by atoms with Crippen molar-refractivity contribution in [2.75, 3.05) is 20.3 Å². The molecule has 26 heavy (non-hydrogen) atoms. The molecule has 148 valence electrons. The molecule has 0 spiro atoms. The quantitative estimate of drug-likeness (QED) is 0.233. The molecule has 0 unspecified atom stereocenters. The summed E-state index contributed by atoms with van der Waals surface area (Å²) >= 11 is 0. The molecule has 1 aromatic heterocycles. The maximum atomic E-state index is 11.1. The number of hydrogen-bond donors (Lipinski definition) is 2. The third-order valence-corrected chi connectivity index (χ3v) is 2.51. The minimum atomic E-state index is -0.928. The lowest BCUT2D eigenvalue weighted by Crippen LogP contribution is -2.19. The fourth-order valence-electron chi connectivity index (χ4n) is 1.38. The van der Waals surface area contributed by atoms with Gasteiger partial charge in [-0.05, 0) is 40.8 Å². The number of aryl methyl sites for hydroxylation is 2. The molecule has 0 aliphatic rings. The van der Waals surface area contributed by atoms with Crippen molar-refractivity contribution in [3.8, 4) is 0 Å². The van der Waals surface area contributed by atoms with Gasteiger partial charge in [-0.1, -0.05) is 0 Å². The summed E-state index contributed by atoms with van der Waals surface area (Å²) in [6, 6.07) is 1.71. The zero-order chi connectivity index (χ0) is 20.7. The van der Waals surface area contributed by atoms with Gasteiger partial charge >= 0.3 is 11.9 Å². The van der Waals surface area contributed by atoms with E-state index in [9.17, 15) is 19.2 Å². The Morgan fingerprint density at radius 2 is 1.69 bits per heavy atom. The first kappa shape index (κ1) is 25.6. The summed E-state index contributed by atoms with van der Waals surface area (Å²) in [6.45, 7) is 7.04. The normalized spacial score (nSPS) is 9.04. The van der Waals surface area contributed by atoms with Crippen molar-refractivity contribution in [1.29, 1.82) is 0 Å². The predicted molar refractivity (Wildman–Crippen MR) is 94.1 cm³/mol. The molecule has 0 aliphatic carbocycles. The van der Waals surface area contributed by atoms with Crippen molar-refractivity contribution < 1.29 is 28.7 Å². The molecule has 10 nitrogen and oxygen atoms in total. The number of ketones is 2. The maximum Gasteiger partial charge on any atom is 0.375 e. The molecule has 0 saturated carbocycles. The lowest BCUT2D eigenvalue weighted by molar-refractivity contribution is -0.154. The van der Waals surface area contributed by atoms with Gasteiger partial charge in [-0.15, -0.1) is 0 Å². The highest BCUT2D eigenvalue weighted by Gasteiger charge is 2.15. The van der Waals surface area contributed by atoms with Crippen LogP contribution >= 0.6 is 0 Å². The number of nitrogens with zero attached hydrogens (tertiary/aromatic N) is 2. The van der Waals surface area contributed by atoms with Gasteiger partial charge in [0.15, 0.2) is 5.69 Å². The van der Waals surface area contributed by atoms with Crippen LogP contribution in [-0.4, -0.2) is 53.5 Å². The fraction of sp³-hybridized carbons (Fsp3) is 0.562.